The number of carboxylic acid groups (broad SMARTS) is 1. The van der Waals surface area contributed by atoms with Crippen molar-refractivity contribution in [2.45, 2.75) is 33.2 Å². The molecule has 0 heterocycles. The number of esters is 1. The van der Waals surface area contributed by atoms with Crippen molar-refractivity contribution < 1.29 is 38.6 Å². The van der Waals surface area contributed by atoms with Crippen molar-refractivity contribution in [3.63, 3.8) is 0 Å². The normalized spacial score (nSPS) is 13.8. The van der Waals surface area contributed by atoms with Gasteiger partial charge in [0, 0.05) is 6.16 Å². The molecule has 0 aromatic heterocycles. The van der Waals surface area contributed by atoms with E-state index in [9.17, 15) is 18.9 Å². The number of rotatable bonds is 8. The predicted octanol–water partition coefficient (Wildman–Crippen LogP) is 0.612. The monoisotopic (exact) mass is 339 g/mol. The lowest BCUT2D eigenvalue weighted by Crippen LogP contribution is -2.41. The van der Waals surface area contributed by atoms with Crippen molar-refractivity contribution in [2.75, 3.05) is 19.3 Å². The van der Waals surface area contributed by atoms with Gasteiger partial charge >= 0.3 is 18.0 Å². The first-order valence-corrected chi connectivity index (χ1v) is 8.36. The minimum Gasteiger partial charge on any atom is -0.480 e. The first-order chi connectivity index (χ1) is 10.1. The quantitative estimate of drug-likeness (QED) is 0.332. The SMILES string of the molecule is CC(C)(C)C(=O)OCOC(=O)NC(CC[PH](=O)CO)C(=O)O. The summed E-state index contributed by atoms with van der Waals surface area (Å²) in [5.74, 6) is -1.90. The Bertz CT molecular complexity index is 431. The molecule has 0 radical (unpaired) electrons. The highest BCUT2D eigenvalue weighted by Gasteiger charge is 2.24. The van der Waals surface area contributed by atoms with Gasteiger partial charge in [0.2, 0.25) is 6.79 Å². The Morgan fingerprint density at radius 2 is 1.82 bits per heavy atom. The summed E-state index contributed by atoms with van der Waals surface area (Å²) in [5.41, 5.74) is -0.750. The molecule has 22 heavy (non-hydrogen) atoms. The third-order valence-electron chi connectivity index (χ3n) is 2.47. The molecule has 0 aromatic carbocycles. The van der Waals surface area contributed by atoms with Gasteiger partial charge in [-0.1, -0.05) is 0 Å². The van der Waals surface area contributed by atoms with E-state index < -0.39 is 50.4 Å². The van der Waals surface area contributed by atoms with Crippen LogP contribution in [0.15, 0.2) is 0 Å². The summed E-state index contributed by atoms with van der Waals surface area (Å²) in [6.45, 7) is 4.24. The van der Waals surface area contributed by atoms with E-state index in [2.05, 4.69) is 14.8 Å². The average molecular weight is 339 g/mol. The van der Waals surface area contributed by atoms with Crippen molar-refractivity contribution in [3.8, 4) is 0 Å². The second-order valence-electron chi connectivity index (χ2n) is 5.50. The first-order valence-electron chi connectivity index (χ1n) is 6.53. The van der Waals surface area contributed by atoms with Gasteiger partial charge in [-0.05, 0) is 27.2 Å². The van der Waals surface area contributed by atoms with E-state index in [1.165, 1.54) is 0 Å². The maximum atomic E-state index is 11.4. The Hall–Kier alpha value is -1.60. The highest BCUT2D eigenvalue weighted by molar-refractivity contribution is 7.44. The van der Waals surface area contributed by atoms with Gasteiger partial charge in [0.25, 0.3) is 0 Å². The van der Waals surface area contributed by atoms with Gasteiger partial charge in [0.15, 0.2) is 0 Å². The Morgan fingerprint density at radius 1 is 1.23 bits per heavy atom. The maximum absolute atomic E-state index is 11.4. The third-order valence-corrected chi connectivity index (χ3v) is 3.67. The fourth-order valence-corrected chi connectivity index (χ4v) is 1.95. The number of carbonyl (C=O) groups excluding carboxylic acids is 2. The second kappa shape index (κ2) is 9.42. The van der Waals surface area contributed by atoms with Crippen molar-refractivity contribution in [1.29, 1.82) is 0 Å². The Kier molecular flexibility index (Phi) is 8.74. The van der Waals surface area contributed by atoms with Crippen molar-refractivity contribution in [3.05, 3.63) is 0 Å². The maximum Gasteiger partial charge on any atom is 0.410 e. The average Bonchev–Trinajstić information content (AvgIpc) is 2.41. The fourth-order valence-electron chi connectivity index (χ4n) is 1.18. The van der Waals surface area contributed by atoms with Crippen LogP contribution in [0.4, 0.5) is 4.79 Å². The van der Waals surface area contributed by atoms with E-state index in [1.807, 2.05) is 0 Å². The number of carboxylic acids is 1. The molecule has 2 unspecified atom stereocenters. The van der Waals surface area contributed by atoms with Crippen LogP contribution in [0.25, 0.3) is 0 Å². The zero-order valence-electron chi connectivity index (χ0n) is 12.7. The summed E-state index contributed by atoms with van der Waals surface area (Å²) < 4.78 is 20.3. The fraction of sp³-hybridized carbons (Fsp3) is 0.750. The number of nitrogens with one attached hydrogen (secondary N) is 1. The third kappa shape index (κ3) is 8.63. The lowest BCUT2D eigenvalue weighted by atomic mass is 9.98. The summed E-state index contributed by atoms with van der Waals surface area (Å²) in [6, 6.07) is -1.30. The van der Waals surface area contributed by atoms with Gasteiger partial charge < -0.3 is 29.6 Å². The van der Waals surface area contributed by atoms with E-state index in [4.69, 9.17) is 10.2 Å². The van der Waals surface area contributed by atoms with E-state index >= 15 is 0 Å². The molecular weight excluding hydrogens is 317 g/mol. The van der Waals surface area contributed by atoms with Crippen LogP contribution in [0.2, 0.25) is 0 Å². The number of carbonyl (C=O) groups is 3. The van der Waals surface area contributed by atoms with Crippen molar-refractivity contribution in [1.82, 2.24) is 5.32 Å². The molecule has 10 heteroatoms. The van der Waals surface area contributed by atoms with Crippen molar-refractivity contribution >= 4 is 25.8 Å². The molecule has 0 spiro atoms. The molecule has 0 saturated carbocycles. The summed E-state index contributed by atoms with van der Waals surface area (Å²) >= 11 is 0. The predicted molar refractivity (Wildman–Crippen MR) is 77.0 cm³/mol. The molecule has 0 aromatic rings. The molecule has 0 aliphatic heterocycles. The summed E-state index contributed by atoms with van der Waals surface area (Å²) in [4.78, 5) is 33.7. The number of alkyl carbamates (subject to hydrolysis) is 1. The molecule has 0 aliphatic carbocycles. The van der Waals surface area contributed by atoms with Gasteiger partial charge in [0.05, 0.1) is 11.8 Å². The van der Waals surface area contributed by atoms with E-state index in [1.54, 1.807) is 20.8 Å². The molecule has 1 amide bonds. The van der Waals surface area contributed by atoms with E-state index in [-0.39, 0.29) is 12.6 Å². The molecule has 0 rings (SSSR count). The molecule has 3 N–H and O–H groups in total. The van der Waals surface area contributed by atoms with Crippen LogP contribution in [0.5, 0.6) is 0 Å². The van der Waals surface area contributed by atoms with Gasteiger partial charge in [0.1, 0.15) is 13.8 Å². The summed E-state index contributed by atoms with van der Waals surface area (Å²) in [6.07, 6.45) is -1.70. The number of amides is 1. The number of hydrogen-bond acceptors (Lipinski definition) is 7. The minimum atomic E-state index is -2.26. The highest BCUT2D eigenvalue weighted by atomic mass is 31.1. The van der Waals surface area contributed by atoms with Crippen LogP contribution in [-0.2, 0) is 23.6 Å². The van der Waals surface area contributed by atoms with Gasteiger partial charge in [-0.2, -0.15) is 0 Å². The smallest absolute Gasteiger partial charge is 0.410 e. The highest BCUT2D eigenvalue weighted by Crippen LogP contribution is 2.20. The van der Waals surface area contributed by atoms with Crippen LogP contribution in [0.1, 0.15) is 27.2 Å². The molecule has 0 fully saturated rings. The summed E-state index contributed by atoms with van der Waals surface area (Å²) in [7, 11) is -2.26. The van der Waals surface area contributed by atoms with Crippen LogP contribution >= 0.6 is 7.80 Å². The standard InChI is InChI=1S/C12H22NO8P/c1-12(2,3)10(17)20-7-21-11(18)13-8(9(15)16)4-5-22(19)6-14/h8,14,22H,4-7H2,1-3H3,(H,13,18)(H,15,16). The Labute approximate surface area is 128 Å². The van der Waals surface area contributed by atoms with Gasteiger partial charge in [-0.3, -0.25) is 4.79 Å². The topological polar surface area (TPSA) is 139 Å². The van der Waals surface area contributed by atoms with Crippen LogP contribution in [0.3, 0.4) is 0 Å². The zero-order valence-corrected chi connectivity index (χ0v) is 13.7. The number of hydrogen-bond donors (Lipinski definition) is 3. The molecule has 0 saturated heterocycles. The van der Waals surface area contributed by atoms with E-state index in [0.29, 0.717) is 0 Å². The molecule has 128 valence electrons. The van der Waals surface area contributed by atoms with Gasteiger partial charge in [-0.15, -0.1) is 0 Å². The minimum absolute atomic E-state index is 0.0164. The Balaban J connectivity index is 4.22. The molecular formula is C12H22NO8P. The first kappa shape index (κ1) is 20.4. The molecule has 2 atom stereocenters. The lowest BCUT2D eigenvalue weighted by Gasteiger charge is -2.17. The number of aliphatic hydroxyl groups excluding tert-OH is 1. The van der Waals surface area contributed by atoms with E-state index in [0.717, 1.165) is 0 Å². The lowest BCUT2D eigenvalue weighted by molar-refractivity contribution is -0.161. The summed E-state index contributed by atoms with van der Waals surface area (Å²) in [5, 5.41) is 19.6. The number of ether oxygens (including phenoxy) is 2. The van der Waals surface area contributed by atoms with Crippen LogP contribution in [0, 0.1) is 5.41 Å². The number of aliphatic carboxylic acids is 1. The largest absolute Gasteiger partial charge is 0.480 e. The second-order valence-corrected chi connectivity index (χ2v) is 7.40. The van der Waals surface area contributed by atoms with Crippen LogP contribution in [-0.4, -0.2) is 53.6 Å². The molecule has 9 nitrogen and oxygen atoms in total. The van der Waals surface area contributed by atoms with Crippen LogP contribution < -0.4 is 5.32 Å². The zero-order chi connectivity index (χ0) is 17.3. The Morgan fingerprint density at radius 3 is 2.27 bits per heavy atom. The number of aliphatic hydroxyl groups is 1. The van der Waals surface area contributed by atoms with Gasteiger partial charge in [-0.25, -0.2) is 9.59 Å². The molecule has 0 aliphatic rings. The van der Waals surface area contributed by atoms with Crippen molar-refractivity contribution in [2.24, 2.45) is 5.41 Å². The molecule has 0 bridgehead atoms.